The van der Waals surface area contributed by atoms with Crippen LogP contribution in [0, 0.1) is 22.7 Å². The zero-order valence-electron chi connectivity index (χ0n) is 14.4. The van der Waals surface area contributed by atoms with Gasteiger partial charge in [0.15, 0.2) is 0 Å². The summed E-state index contributed by atoms with van der Waals surface area (Å²) in [7, 11) is 0. The van der Waals surface area contributed by atoms with E-state index >= 15 is 0 Å². The molecule has 2 aliphatic rings. The first kappa shape index (κ1) is 18.5. The van der Waals surface area contributed by atoms with Crippen LogP contribution in [0.1, 0.15) is 31.4 Å². The fraction of sp³-hybridized carbons (Fsp3) is 0.647. The number of ether oxygens (including phenoxy) is 1. The lowest BCUT2D eigenvalue weighted by molar-refractivity contribution is 0.0398. The zero-order valence-corrected chi connectivity index (χ0v) is 15.9. The molecule has 8 heteroatoms. The third-order valence-electron chi connectivity index (χ3n) is 5.05. The Balaban J connectivity index is 1.64. The number of morpholine rings is 1. The van der Waals surface area contributed by atoms with Gasteiger partial charge in [-0.25, -0.2) is 4.98 Å². The molecule has 1 saturated carbocycles. The monoisotopic (exact) mass is 384 g/mol. The van der Waals surface area contributed by atoms with Crippen molar-refractivity contribution in [1.82, 2.24) is 9.88 Å². The maximum atomic E-state index is 9.33. The lowest BCUT2D eigenvalue weighted by atomic mass is 10.1. The minimum atomic E-state index is -0.0440. The van der Waals surface area contributed by atoms with Gasteiger partial charge in [-0.05, 0) is 17.4 Å². The molecule has 0 unspecified atom stereocenters. The molecule has 0 amide bonds. The molecule has 0 bridgehead atoms. The molecule has 1 aliphatic carbocycles. The maximum absolute atomic E-state index is 9.33. The second-order valence-corrected chi connectivity index (χ2v) is 8.01. The molecule has 1 saturated heterocycles. The zero-order chi connectivity index (χ0) is 18.0. The van der Waals surface area contributed by atoms with Gasteiger partial charge in [0, 0.05) is 32.1 Å². The van der Waals surface area contributed by atoms with Crippen molar-refractivity contribution in [2.75, 3.05) is 44.7 Å². The summed E-state index contributed by atoms with van der Waals surface area (Å²) in [6, 6.07) is 2.10. The minimum Gasteiger partial charge on any atom is -0.423 e. The van der Waals surface area contributed by atoms with Gasteiger partial charge in [0.05, 0.1) is 13.2 Å². The molecule has 2 atom stereocenters. The van der Waals surface area contributed by atoms with Crippen molar-refractivity contribution in [1.29, 1.82) is 5.26 Å². The van der Waals surface area contributed by atoms with Crippen LogP contribution in [0.2, 0.25) is 0 Å². The number of hydrogen-bond donors (Lipinski definition) is 1. The Bertz CT molecular complexity index is 685. The highest BCUT2D eigenvalue weighted by Crippen LogP contribution is 2.65. The van der Waals surface area contributed by atoms with E-state index < -0.39 is 0 Å². The number of halogens is 2. The SMILES string of the molecule is CC1(C)[C@@H](C=C(Cl)Cl)[C@@H]1c1nc(C#N)c(NCCN2CCOCC2)o1. The van der Waals surface area contributed by atoms with Crippen molar-refractivity contribution in [2.24, 2.45) is 11.3 Å². The third kappa shape index (κ3) is 4.12. The summed E-state index contributed by atoms with van der Waals surface area (Å²) in [5, 5.41) is 12.5. The minimum absolute atomic E-state index is 0.0440. The largest absolute Gasteiger partial charge is 0.423 e. The molecule has 0 radical (unpaired) electrons. The van der Waals surface area contributed by atoms with Crippen molar-refractivity contribution in [2.45, 2.75) is 19.8 Å². The van der Waals surface area contributed by atoms with Gasteiger partial charge in [-0.15, -0.1) is 0 Å². The number of nitrogens with zero attached hydrogens (tertiary/aromatic N) is 3. The van der Waals surface area contributed by atoms with Crippen LogP contribution in [-0.2, 0) is 4.74 Å². The van der Waals surface area contributed by atoms with E-state index in [2.05, 4.69) is 35.1 Å². The van der Waals surface area contributed by atoms with Gasteiger partial charge in [-0.2, -0.15) is 5.26 Å². The van der Waals surface area contributed by atoms with E-state index in [1.165, 1.54) is 0 Å². The normalized spacial score (nSPS) is 25.2. The molecule has 1 aliphatic heterocycles. The Morgan fingerprint density at radius 1 is 1.44 bits per heavy atom. The molecule has 6 nitrogen and oxygen atoms in total. The first-order chi connectivity index (χ1) is 11.9. The molecule has 3 rings (SSSR count). The first-order valence-electron chi connectivity index (χ1n) is 8.41. The van der Waals surface area contributed by atoms with Gasteiger partial charge in [0.1, 0.15) is 10.6 Å². The molecule has 136 valence electrons. The van der Waals surface area contributed by atoms with Crippen LogP contribution in [-0.4, -0.2) is 49.3 Å². The number of rotatable bonds is 6. The van der Waals surface area contributed by atoms with Gasteiger partial charge < -0.3 is 14.5 Å². The molecular weight excluding hydrogens is 363 g/mol. The molecule has 0 spiro atoms. The molecule has 1 aromatic rings. The number of nitriles is 1. The lowest BCUT2D eigenvalue weighted by Crippen LogP contribution is -2.39. The van der Waals surface area contributed by atoms with Gasteiger partial charge in [0.2, 0.25) is 17.5 Å². The summed E-state index contributed by atoms with van der Waals surface area (Å²) in [6.07, 6.45) is 1.82. The predicted octanol–water partition coefficient (Wildman–Crippen LogP) is 3.35. The summed E-state index contributed by atoms with van der Waals surface area (Å²) in [6.45, 7) is 9.17. The quantitative estimate of drug-likeness (QED) is 0.810. The predicted molar refractivity (Wildman–Crippen MR) is 96.8 cm³/mol. The Hall–Kier alpha value is -1.26. The van der Waals surface area contributed by atoms with Crippen LogP contribution >= 0.6 is 23.2 Å². The van der Waals surface area contributed by atoms with Crippen molar-refractivity contribution in [3.8, 4) is 6.07 Å². The van der Waals surface area contributed by atoms with E-state index in [9.17, 15) is 5.26 Å². The van der Waals surface area contributed by atoms with Crippen LogP contribution in [0.4, 0.5) is 5.88 Å². The van der Waals surface area contributed by atoms with Crippen molar-refractivity contribution in [3.05, 3.63) is 22.2 Å². The van der Waals surface area contributed by atoms with Crippen LogP contribution in [0.15, 0.2) is 15.0 Å². The highest BCUT2D eigenvalue weighted by atomic mass is 35.5. The average Bonchev–Trinajstić information content (AvgIpc) is 2.92. The van der Waals surface area contributed by atoms with Gasteiger partial charge in [0.25, 0.3) is 0 Å². The topological polar surface area (TPSA) is 74.3 Å². The van der Waals surface area contributed by atoms with Gasteiger partial charge in [-0.3, -0.25) is 4.90 Å². The van der Waals surface area contributed by atoms with Crippen LogP contribution < -0.4 is 5.32 Å². The van der Waals surface area contributed by atoms with Crippen molar-refractivity contribution in [3.63, 3.8) is 0 Å². The molecular formula is C17H22Cl2N4O2. The number of aromatic nitrogens is 1. The van der Waals surface area contributed by atoms with E-state index in [4.69, 9.17) is 32.4 Å². The fourth-order valence-corrected chi connectivity index (χ4v) is 3.69. The van der Waals surface area contributed by atoms with Crippen molar-refractivity contribution >= 4 is 29.1 Å². The molecule has 2 fully saturated rings. The van der Waals surface area contributed by atoms with Crippen LogP contribution in [0.25, 0.3) is 0 Å². The standard InChI is InChI=1S/C17H22Cl2N4O2/c1-17(2)11(9-13(18)19)14(17)16-22-12(10-20)15(25-16)21-3-4-23-5-7-24-8-6-23/h9,11,14,21H,3-8H2,1-2H3/t11-,14+/m0/s1. The van der Waals surface area contributed by atoms with E-state index in [-0.39, 0.29) is 21.7 Å². The molecule has 1 aromatic heterocycles. The first-order valence-corrected chi connectivity index (χ1v) is 9.16. The second kappa shape index (κ2) is 7.55. The molecule has 0 aromatic carbocycles. The molecule has 25 heavy (non-hydrogen) atoms. The fourth-order valence-electron chi connectivity index (χ4n) is 3.41. The summed E-state index contributed by atoms with van der Waals surface area (Å²) in [4.78, 5) is 6.68. The maximum Gasteiger partial charge on any atom is 0.232 e. The van der Waals surface area contributed by atoms with Crippen LogP contribution in [0.5, 0.6) is 0 Å². The summed E-state index contributed by atoms with van der Waals surface area (Å²) >= 11 is 11.6. The highest BCUT2D eigenvalue weighted by Gasteiger charge is 2.60. The number of anilines is 1. The molecule has 1 N–H and O–H groups in total. The van der Waals surface area contributed by atoms with E-state index in [1.807, 2.05) is 6.08 Å². The summed E-state index contributed by atoms with van der Waals surface area (Å²) in [5.41, 5.74) is 0.247. The Morgan fingerprint density at radius 3 is 2.80 bits per heavy atom. The Labute approximate surface area is 157 Å². The number of allylic oxidation sites excluding steroid dienone is 1. The smallest absolute Gasteiger partial charge is 0.232 e. The molecule has 2 heterocycles. The number of nitrogens with one attached hydrogen (secondary N) is 1. The van der Waals surface area contributed by atoms with Crippen molar-refractivity contribution < 1.29 is 9.15 Å². The Kier molecular flexibility index (Phi) is 5.59. The average molecular weight is 385 g/mol. The third-order valence-corrected chi connectivity index (χ3v) is 5.30. The number of hydrogen-bond acceptors (Lipinski definition) is 6. The summed E-state index contributed by atoms with van der Waals surface area (Å²) < 4.78 is 11.4. The Morgan fingerprint density at radius 2 is 2.16 bits per heavy atom. The second-order valence-electron chi connectivity index (χ2n) is 7.00. The summed E-state index contributed by atoms with van der Waals surface area (Å²) in [5.74, 6) is 1.23. The van der Waals surface area contributed by atoms with Crippen LogP contribution in [0.3, 0.4) is 0 Å². The van der Waals surface area contributed by atoms with Gasteiger partial charge in [-0.1, -0.05) is 37.0 Å². The highest BCUT2D eigenvalue weighted by molar-refractivity contribution is 6.55. The van der Waals surface area contributed by atoms with Gasteiger partial charge >= 0.3 is 0 Å². The van der Waals surface area contributed by atoms with E-state index in [0.29, 0.717) is 24.0 Å². The lowest BCUT2D eigenvalue weighted by Gasteiger charge is -2.26. The number of oxazole rings is 1. The van der Waals surface area contributed by atoms with E-state index in [0.717, 1.165) is 32.8 Å². The van der Waals surface area contributed by atoms with E-state index in [1.54, 1.807) is 0 Å².